The van der Waals surface area contributed by atoms with Crippen LogP contribution in [0.2, 0.25) is 0 Å². The predicted octanol–water partition coefficient (Wildman–Crippen LogP) is 2.35. The lowest BCUT2D eigenvalue weighted by Gasteiger charge is -2.27. The van der Waals surface area contributed by atoms with E-state index in [1.54, 1.807) is 17.9 Å². The summed E-state index contributed by atoms with van der Waals surface area (Å²) in [5.74, 6) is -0.0211. The summed E-state index contributed by atoms with van der Waals surface area (Å²) in [6.07, 6.45) is 4.68. The van der Waals surface area contributed by atoms with E-state index in [1.165, 1.54) is 6.08 Å². The molecule has 0 spiro atoms. The van der Waals surface area contributed by atoms with Crippen LogP contribution >= 0.6 is 0 Å². The van der Waals surface area contributed by atoms with Crippen LogP contribution < -0.4 is 10.2 Å². The Hall–Kier alpha value is -2.14. The molecule has 2 amide bonds. The van der Waals surface area contributed by atoms with E-state index in [4.69, 9.17) is 0 Å². The van der Waals surface area contributed by atoms with Gasteiger partial charge in [0, 0.05) is 31.3 Å². The van der Waals surface area contributed by atoms with Gasteiger partial charge in [0.15, 0.2) is 0 Å². The van der Waals surface area contributed by atoms with E-state index in [0.717, 1.165) is 24.2 Å². The van der Waals surface area contributed by atoms with E-state index in [-0.39, 0.29) is 24.3 Å². The Labute approximate surface area is 143 Å². The second-order valence-electron chi connectivity index (χ2n) is 6.80. The summed E-state index contributed by atoms with van der Waals surface area (Å²) in [6, 6.07) is 7.55. The van der Waals surface area contributed by atoms with Crippen LogP contribution in [-0.2, 0) is 9.59 Å². The Morgan fingerprint density at radius 2 is 2.04 bits per heavy atom. The molecule has 0 bridgehead atoms. The van der Waals surface area contributed by atoms with Gasteiger partial charge in [-0.2, -0.15) is 0 Å². The van der Waals surface area contributed by atoms with Gasteiger partial charge in [0.05, 0.1) is 5.60 Å². The number of carbonyl (C=O) groups excluding carboxylic acids is 2. The van der Waals surface area contributed by atoms with Crippen molar-refractivity contribution < 1.29 is 14.7 Å². The maximum Gasteiger partial charge on any atom is 0.244 e. The van der Waals surface area contributed by atoms with Crippen molar-refractivity contribution in [1.29, 1.82) is 0 Å². The number of hydrogen-bond donors (Lipinski definition) is 2. The van der Waals surface area contributed by atoms with E-state index in [0.29, 0.717) is 6.42 Å². The topological polar surface area (TPSA) is 69.6 Å². The SMILES string of the molecule is CC(C)C(C)(O)CNC(=O)C=Cc1ccc(N2CCCC2=O)cc1. The maximum atomic E-state index is 11.8. The summed E-state index contributed by atoms with van der Waals surface area (Å²) in [4.78, 5) is 25.3. The third kappa shape index (κ3) is 4.68. The van der Waals surface area contributed by atoms with Gasteiger partial charge in [-0.3, -0.25) is 9.59 Å². The van der Waals surface area contributed by atoms with Crippen molar-refractivity contribution in [3.8, 4) is 0 Å². The molecule has 24 heavy (non-hydrogen) atoms. The van der Waals surface area contributed by atoms with Crippen molar-refractivity contribution in [2.75, 3.05) is 18.0 Å². The molecule has 5 nitrogen and oxygen atoms in total. The van der Waals surface area contributed by atoms with Gasteiger partial charge in [-0.25, -0.2) is 0 Å². The van der Waals surface area contributed by atoms with Gasteiger partial charge in [-0.05, 0) is 43.0 Å². The summed E-state index contributed by atoms with van der Waals surface area (Å²) in [7, 11) is 0. The molecule has 0 saturated carbocycles. The van der Waals surface area contributed by atoms with Crippen molar-refractivity contribution in [3.63, 3.8) is 0 Å². The maximum absolute atomic E-state index is 11.8. The predicted molar refractivity (Wildman–Crippen MR) is 95.5 cm³/mol. The Balaban J connectivity index is 1.90. The average Bonchev–Trinajstić information content (AvgIpc) is 2.97. The lowest BCUT2D eigenvalue weighted by atomic mass is 9.92. The van der Waals surface area contributed by atoms with Crippen molar-refractivity contribution in [2.24, 2.45) is 5.92 Å². The fraction of sp³-hybridized carbons (Fsp3) is 0.474. The average molecular weight is 330 g/mol. The Morgan fingerprint density at radius 1 is 1.38 bits per heavy atom. The molecule has 1 aromatic carbocycles. The summed E-state index contributed by atoms with van der Waals surface area (Å²) < 4.78 is 0. The second-order valence-corrected chi connectivity index (χ2v) is 6.80. The van der Waals surface area contributed by atoms with E-state index in [2.05, 4.69) is 5.32 Å². The van der Waals surface area contributed by atoms with Crippen molar-refractivity contribution in [3.05, 3.63) is 35.9 Å². The first kappa shape index (κ1) is 18.2. The number of carbonyl (C=O) groups is 2. The molecule has 1 saturated heterocycles. The van der Waals surface area contributed by atoms with Crippen LogP contribution in [0.1, 0.15) is 39.2 Å². The zero-order chi connectivity index (χ0) is 17.7. The molecule has 1 heterocycles. The molecule has 1 aliphatic rings. The summed E-state index contributed by atoms with van der Waals surface area (Å²) in [6.45, 7) is 6.51. The number of aliphatic hydroxyl groups is 1. The largest absolute Gasteiger partial charge is 0.388 e. The standard InChI is InChI=1S/C19H26N2O3/c1-14(2)19(3,24)13-20-17(22)11-8-15-6-9-16(10-7-15)21-12-4-5-18(21)23/h6-11,14,24H,4-5,12-13H2,1-3H3,(H,20,22). The fourth-order valence-corrected chi connectivity index (χ4v) is 2.39. The second kappa shape index (κ2) is 7.62. The number of nitrogens with zero attached hydrogens (tertiary/aromatic N) is 1. The van der Waals surface area contributed by atoms with Gasteiger partial charge in [-0.1, -0.05) is 26.0 Å². The third-order valence-electron chi connectivity index (χ3n) is 4.57. The van der Waals surface area contributed by atoms with E-state index in [9.17, 15) is 14.7 Å². The van der Waals surface area contributed by atoms with Crippen molar-refractivity contribution in [2.45, 2.75) is 39.2 Å². The lowest BCUT2D eigenvalue weighted by molar-refractivity contribution is -0.118. The molecule has 0 radical (unpaired) electrons. The van der Waals surface area contributed by atoms with Crippen LogP contribution in [0.3, 0.4) is 0 Å². The first-order chi connectivity index (χ1) is 11.3. The van der Waals surface area contributed by atoms with E-state index < -0.39 is 5.60 Å². The van der Waals surface area contributed by atoms with Crippen molar-refractivity contribution in [1.82, 2.24) is 5.32 Å². The highest BCUT2D eigenvalue weighted by Crippen LogP contribution is 2.21. The first-order valence-electron chi connectivity index (χ1n) is 8.38. The minimum absolute atomic E-state index is 0.0580. The normalized spacial score (nSPS) is 17.5. The van der Waals surface area contributed by atoms with Crippen molar-refractivity contribution >= 4 is 23.6 Å². The smallest absolute Gasteiger partial charge is 0.244 e. The summed E-state index contributed by atoms with van der Waals surface area (Å²) in [5, 5.41) is 12.8. The quantitative estimate of drug-likeness (QED) is 0.787. The Morgan fingerprint density at radius 3 is 2.58 bits per heavy atom. The highest BCUT2D eigenvalue weighted by molar-refractivity contribution is 5.95. The van der Waals surface area contributed by atoms with Gasteiger partial charge in [0.1, 0.15) is 0 Å². The molecule has 1 atom stereocenters. The molecule has 1 aliphatic heterocycles. The highest BCUT2D eigenvalue weighted by atomic mass is 16.3. The van der Waals surface area contributed by atoms with Gasteiger partial charge >= 0.3 is 0 Å². The zero-order valence-corrected chi connectivity index (χ0v) is 14.6. The molecular formula is C19H26N2O3. The molecular weight excluding hydrogens is 304 g/mol. The molecule has 5 heteroatoms. The highest BCUT2D eigenvalue weighted by Gasteiger charge is 2.25. The van der Waals surface area contributed by atoms with E-state index >= 15 is 0 Å². The van der Waals surface area contributed by atoms with Crippen LogP contribution in [0.4, 0.5) is 5.69 Å². The minimum atomic E-state index is -0.923. The summed E-state index contributed by atoms with van der Waals surface area (Å²) >= 11 is 0. The van der Waals surface area contributed by atoms with Crippen LogP contribution in [-0.4, -0.2) is 35.6 Å². The molecule has 1 aromatic rings. The van der Waals surface area contributed by atoms with Crippen LogP contribution in [0, 0.1) is 5.92 Å². The number of hydrogen-bond acceptors (Lipinski definition) is 3. The molecule has 2 rings (SSSR count). The molecule has 0 aliphatic carbocycles. The molecule has 1 fully saturated rings. The fourth-order valence-electron chi connectivity index (χ4n) is 2.39. The minimum Gasteiger partial charge on any atom is -0.388 e. The lowest BCUT2D eigenvalue weighted by Crippen LogP contribution is -2.43. The number of anilines is 1. The molecule has 130 valence electrons. The first-order valence-corrected chi connectivity index (χ1v) is 8.38. The summed E-state index contributed by atoms with van der Waals surface area (Å²) in [5.41, 5.74) is 0.858. The number of amides is 2. The zero-order valence-electron chi connectivity index (χ0n) is 14.6. The number of rotatable bonds is 6. The van der Waals surface area contributed by atoms with E-state index in [1.807, 2.05) is 38.1 Å². The monoisotopic (exact) mass is 330 g/mol. The number of benzene rings is 1. The molecule has 0 aromatic heterocycles. The van der Waals surface area contributed by atoms with Crippen LogP contribution in [0.25, 0.3) is 6.08 Å². The molecule has 1 unspecified atom stereocenters. The number of nitrogens with one attached hydrogen (secondary N) is 1. The molecule has 2 N–H and O–H groups in total. The Bertz CT molecular complexity index is 618. The van der Waals surface area contributed by atoms with Gasteiger partial charge in [-0.15, -0.1) is 0 Å². The van der Waals surface area contributed by atoms with Gasteiger partial charge in [0.2, 0.25) is 11.8 Å². The van der Waals surface area contributed by atoms with Crippen LogP contribution in [0.15, 0.2) is 30.3 Å². The van der Waals surface area contributed by atoms with Gasteiger partial charge < -0.3 is 15.3 Å². The van der Waals surface area contributed by atoms with Crippen LogP contribution in [0.5, 0.6) is 0 Å². The third-order valence-corrected chi connectivity index (χ3v) is 4.57. The van der Waals surface area contributed by atoms with Gasteiger partial charge in [0.25, 0.3) is 0 Å². The Kier molecular flexibility index (Phi) is 5.78.